The molecule has 27 heavy (non-hydrogen) atoms. The van der Waals surface area contributed by atoms with Gasteiger partial charge >= 0.3 is 10.2 Å². The summed E-state index contributed by atoms with van der Waals surface area (Å²) >= 11 is 0. The number of amides is 1. The van der Waals surface area contributed by atoms with Crippen molar-refractivity contribution in [2.75, 3.05) is 19.6 Å². The van der Waals surface area contributed by atoms with Crippen LogP contribution in [0.3, 0.4) is 0 Å². The second-order valence-corrected chi connectivity index (χ2v) is 8.24. The highest BCUT2D eigenvalue weighted by molar-refractivity contribution is 7.87. The van der Waals surface area contributed by atoms with Crippen molar-refractivity contribution in [3.05, 3.63) is 71.8 Å². The molecule has 2 rings (SSSR count). The first kappa shape index (κ1) is 21.1. The molecule has 0 unspecified atom stereocenters. The fourth-order valence-corrected chi connectivity index (χ4v) is 4.64. The summed E-state index contributed by atoms with van der Waals surface area (Å²) in [4.78, 5) is 13.0. The quantitative estimate of drug-likeness (QED) is 0.623. The Kier molecular flexibility index (Phi) is 8.00. The van der Waals surface area contributed by atoms with Gasteiger partial charge in [-0.2, -0.15) is 12.7 Å². The topological polar surface area (TPSA) is 57.7 Å². The van der Waals surface area contributed by atoms with Gasteiger partial charge < -0.3 is 0 Å². The molecule has 0 aliphatic heterocycles. The molecule has 0 radical (unpaired) electrons. The molecular formula is C21H28N2O3S. The minimum absolute atomic E-state index is 0.115. The summed E-state index contributed by atoms with van der Waals surface area (Å²) in [5, 5.41) is 0. The largest absolute Gasteiger partial charge is 0.306 e. The minimum atomic E-state index is -3.89. The summed E-state index contributed by atoms with van der Waals surface area (Å²) < 4.78 is 29.0. The van der Waals surface area contributed by atoms with E-state index >= 15 is 0 Å². The molecule has 0 heterocycles. The molecule has 0 aliphatic rings. The van der Waals surface area contributed by atoms with E-state index in [4.69, 9.17) is 0 Å². The Labute approximate surface area is 162 Å². The van der Waals surface area contributed by atoms with Crippen molar-refractivity contribution in [2.24, 2.45) is 0 Å². The molecule has 5 nitrogen and oxygen atoms in total. The lowest BCUT2D eigenvalue weighted by atomic mass is 10.1. The third kappa shape index (κ3) is 5.65. The van der Waals surface area contributed by atoms with Crippen LogP contribution in [-0.4, -0.2) is 42.6 Å². The highest BCUT2D eigenvalue weighted by Crippen LogP contribution is 2.16. The molecule has 1 amide bonds. The second-order valence-electron chi connectivity index (χ2n) is 6.39. The highest BCUT2D eigenvalue weighted by atomic mass is 32.2. The van der Waals surface area contributed by atoms with Crippen molar-refractivity contribution in [3.63, 3.8) is 0 Å². The molecule has 0 aromatic heterocycles. The summed E-state index contributed by atoms with van der Waals surface area (Å²) in [6.45, 7) is 4.79. The first-order valence-corrected chi connectivity index (χ1v) is 10.8. The number of benzene rings is 2. The predicted octanol–water partition coefficient (Wildman–Crippen LogP) is 3.74. The van der Waals surface area contributed by atoms with Gasteiger partial charge in [0.15, 0.2) is 0 Å². The average Bonchev–Trinajstić information content (AvgIpc) is 2.69. The maximum absolute atomic E-state index is 13.3. The molecule has 0 saturated heterocycles. The van der Waals surface area contributed by atoms with E-state index in [0.29, 0.717) is 37.9 Å². The highest BCUT2D eigenvalue weighted by Gasteiger charge is 2.33. The standard InChI is InChI=1S/C21H28N2O3S/c1-3-16-22(17-4-2)27(25,26)23(18-15-19-11-7-5-8-12-19)21(24)20-13-9-6-10-14-20/h5-14H,3-4,15-18H2,1-2H3. The fraction of sp³-hybridized carbons (Fsp3) is 0.381. The first-order valence-electron chi connectivity index (χ1n) is 9.41. The average molecular weight is 389 g/mol. The molecule has 0 aliphatic carbocycles. The van der Waals surface area contributed by atoms with Gasteiger partial charge in [0.25, 0.3) is 5.91 Å². The number of carbonyl (C=O) groups is 1. The number of nitrogens with zero attached hydrogens (tertiary/aromatic N) is 2. The Hall–Kier alpha value is -2.18. The van der Waals surface area contributed by atoms with Crippen molar-refractivity contribution >= 4 is 16.1 Å². The van der Waals surface area contributed by atoms with Crippen LogP contribution in [-0.2, 0) is 16.6 Å². The lowest BCUT2D eigenvalue weighted by Gasteiger charge is -2.30. The third-order valence-corrected chi connectivity index (χ3v) is 6.17. The Balaban J connectivity index is 2.33. The summed E-state index contributed by atoms with van der Waals surface area (Å²) in [5.41, 5.74) is 1.37. The van der Waals surface area contributed by atoms with Crippen molar-refractivity contribution in [2.45, 2.75) is 33.1 Å². The zero-order valence-corrected chi connectivity index (χ0v) is 16.9. The zero-order valence-electron chi connectivity index (χ0n) is 16.0. The molecule has 6 heteroatoms. The van der Waals surface area contributed by atoms with Crippen LogP contribution in [0, 0.1) is 0 Å². The van der Waals surface area contributed by atoms with Crippen LogP contribution in [0.4, 0.5) is 0 Å². The monoisotopic (exact) mass is 388 g/mol. The van der Waals surface area contributed by atoms with Crippen LogP contribution in [0.25, 0.3) is 0 Å². The molecule has 0 bridgehead atoms. The number of hydrogen-bond acceptors (Lipinski definition) is 3. The van der Waals surface area contributed by atoms with E-state index in [1.807, 2.05) is 44.2 Å². The van der Waals surface area contributed by atoms with Crippen molar-refractivity contribution in [3.8, 4) is 0 Å². The lowest BCUT2D eigenvalue weighted by Crippen LogP contribution is -2.48. The molecule has 2 aromatic rings. The SMILES string of the molecule is CCCN(CCC)S(=O)(=O)N(CCc1ccccc1)C(=O)c1ccccc1. The summed E-state index contributed by atoms with van der Waals surface area (Å²) in [7, 11) is -3.89. The number of hydrogen-bond donors (Lipinski definition) is 0. The molecule has 0 spiro atoms. The molecule has 146 valence electrons. The van der Waals surface area contributed by atoms with Crippen molar-refractivity contribution in [1.29, 1.82) is 0 Å². The maximum atomic E-state index is 13.3. The predicted molar refractivity (Wildman–Crippen MR) is 109 cm³/mol. The molecule has 0 atom stereocenters. The van der Waals surface area contributed by atoms with Gasteiger partial charge in [0, 0.05) is 25.2 Å². The Morgan fingerprint density at radius 1 is 0.815 bits per heavy atom. The van der Waals surface area contributed by atoms with E-state index in [9.17, 15) is 13.2 Å². The van der Waals surface area contributed by atoms with Crippen LogP contribution in [0.15, 0.2) is 60.7 Å². The van der Waals surface area contributed by atoms with Gasteiger partial charge in [-0.25, -0.2) is 4.31 Å². The minimum Gasteiger partial charge on any atom is -0.268 e. The van der Waals surface area contributed by atoms with Gasteiger partial charge in [0.05, 0.1) is 0 Å². The second kappa shape index (κ2) is 10.2. The zero-order chi connectivity index (χ0) is 19.7. The number of rotatable bonds is 10. The van der Waals surface area contributed by atoms with Crippen LogP contribution < -0.4 is 0 Å². The molecule has 0 saturated carbocycles. The summed E-state index contributed by atoms with van der Waals surface area (Å²) in [5.74, 6) is -0.483. The lowest BCUT2D eigenvalue weighted by molar-refractivity contribution is 0.0854. The Bertz CT molecular complexity index is 802. The Morgan fingerprint density at radius 2 is 1.33 bits per heavy atom. The van der Waals surface area contributed by atoms with E-state index in [-0.39, 0.29) is 6.54 Å². The maximum Gasteiger partial charge on any atom is 0.306 e. The molecule has 0 fully saturated rings. The first-order chi connectivity index (χ1) is 13.0. The van der Waals surface area contributed by atoms with Crippen LogP contribution >= 0.6 is 0 Å². The van der Waals surface area contributed by atoms with E-state index in [0.717, 1.165) is 9.87 Å². The van der Waals surface area contributed by atoms with Crippen LogP contribution in [0.1, 0.15) is 42.6 Å². The van der Waals surface area contributed by atoms with Crippen molar-refractivity contribution < 1.29 is 13.2 Å². The van der Waals surface area contributed by atoms with Gasteiger partial charge in [-0.05, 0) is 37.0 Å². The van der Waals surface area contributed by atoms with E-state index in [1.54, 1.807) is 30.3 Å². The van der Waals surface area contributed by atoms with E-state index in [2.05, 4.69) is 0 Å². The molecular weight excluding hydrogens is 360 g/mol. The number of carbonyl (C=O) groups excluding carboxylic acids is 1. The van der Waals surface area contributed by atoms with Gasteiger partial charge in [0.1, 0.15) is 0 Å². The summed E-state index contributed by atoms with van der Waals surface area (Å²) in [6.07, 6.45) is 1.88. The molecule has 2 aromatic carbocycles. The van der Waals surface area contributed by atoms with Gasteiger partial charge in [0.2, 0.25) is 0 Å². The van der Waals surface area contributed by atoms with Crippen LogP contribution in [0.2, 0.25) is 0 Å². The van der Waals surface area contributed by atoms with Gasteiger partial charge in [-0.15, -0.1) is 0 Å². The van der Waals surface area contributed by atoms with E-state index < -0.39 is 16.1 Å². The normalized spacial score (nSPS) is 11.5. The third-order valence-electron chi connectivity index (χ3n) is 4.24. The van der Waals surface area contributed by atoms with Crippen molar-refractivity contribution in [1.82, 2.24) is 8.61 Å². The molecule has 0 N–H and O–H groups in total. The smallest absolute Gasteiger partial charge is 0.268 e. The van der Waals surface area contributed by atoms with Crippen LogP contribution in [0.5, 0.6) is 0 Å². The van der Waals surface area contributed by atoms with Gasteiger partial charge in [-0.3, -0.25) is 4.79 Å². The Morgan fingerprint density at radius 3 is 1.85 bits per heavy atom. The fourth-order valence-electron chi connectivity index (χ4n) is 2.90. The van der Waals surface area contributed by atoms with Gasteiger partial charge in [-0.1, -0.05) is 62.4 Å². The van der Waals surface area contributed by atoms with E-state index in [1.165, 1.54) is 4.31 Å². The summed E-state index contributed by atoms with van der Waals surface area (Å²) in [6, 6.07) is 18.2.